The second-order valence-electron chi connectivity index (χ2n) is 5.73. The minimum Gasteiger partial charge on any atom is -0.308 e. The molecule has 1 aliphatic heterocycles. The number of amides is 3. The zero-order chi connectivity index (χ0) is 16.4. The van der Waals surface area contributed by atoms with Crippen LogP contribution in [0.25, 0.3) is 0 Å². The van der Waals surface area contributed by atoms with Crippen molar-refractivity contribution in [1.82, 2.24) is 0 Å². The van der Waals surface area contributed by atoms with E-state index in [4.69, 9.17) is 0 Å². The van der Waals surface area contributed by atoms with Crippen molar-refractivity contribution in [3.05, 3.63) is 54.6 Å². The summed E-state index contributed by atoms with van der Waals surface area (Å²) in [6.45, 7) is 3.97. The van der Waals surface area contributed by atoms with Crippen molar-refractivity contribution in [2.24, 2.45) is 0 Å². The van der Waals surface area contributed by atoms with Gasteiger partial charge >= 0.3 is 6.03 Å². The maximum atomic E-state index is 12.6. The van der Waals surface area contributed by atoms with Crippen molar-refractivity contribution in [1.29, 1.82) is 0 Å². The van der Waals surface area contributed by atoms with Crippen LogP contribution in [0.1, 0.15) is 13.8 Å². The first-order valence-electron chi connectivity index (χ1n) is 7.62. The molecule has 0 aliphatic carbocycles. The van der Waals surface area contributed by atoms with Crippen molar-refractivity contribution >= 4 is 29.0 Å². The minimum atomic E-state index is -0.305. The smallest absolute Gasteiger partial charge is 0.308 e. The van der Waals surface area contributed by atoms with E-state index in [1.807, 2.05) is 68.4 Å². The first-order chi connectivity index (χ1) is 11.1. The predicted molar refractivity (Wildman–Crippen MR) is 91.9 cm³/mol. The van der Waals surface area contributed by atoms with Crippen molar-refractivity contribution < 1.29 is 9.59 Å². The van der Waals surface area contributed by atoms with Crippen LogP contribution in [0.15, 0.2) is 54.6 Å². The molecule has 0 saturated heterocycles. The highest BCUT2D eigenvalue weighted by Crippen LogP contribution is 2.34. The van der Waals surface area contributed by atoms with E-state index in [-0.39, 0.29) is 24.5 Å². The summed E-state index contributed by atoms with van der Waals surface area (Å²) in [4.78, 5) is 28.3. The van der Waals surface area contributed by atoms with E-state index in [1.165, 1.54) is 4.90 Å². The summed E-state index contributed by atoms with van der Waals surface area (Å²) in [5.74, 6) is -0.0816. The number of nitrogens with one attached hydrogen (secondary N) is 1. The second-order valence-corrected chi connectivity index (χ2v) is 5.73. The lowest BCUT2D eigenvalue weighted by Gasteiger charge is -2.38. The van der Waals surface area contributed by atoms with Gasteiger partial charge in [0.2, 0.25) is 5.91 Å². The van der Waals surface area contributed by atoms with E-state index >= 15 is 0 Å². The second kappa shape index (κ2) is 6.12. The summed E-state index contributed by atoms with van der Waals surface area (Å²) >= 11 is 0. The summed E-state index contributed by atoms with van der Waals surface area (Å²) in [5, 5.41) is 2.83. The van der Waals surface area contributed by atoms with E-state index in [9.17, 15) is 9.59 Å². The monoisotopic (exact) mass is 309 g/mol. The Kier molecular flexibility index (Phi) is 4.02. The molecule has 0 bridgehead atoms. The molecule has 23 heavy (non-hydrogen) atoms. The van der Waals surface area contributed by atoms with Gasteiger partial charge in [-0.15, -0.1) is 0 Å². The number of hydrogen-bond acceptors (Lipinski definition) is 2. The van der Waals surface area contributed by atoms with Gasteiger partial charge in [-0.25, -0.2) is 4.79 Å². The SMILES string of the molecule is CC(C)N1C(=O)CN(C(=O)Nc2ccccc2)c2ccccc21. The molecule has 118 valence electrons. The van der Waals surface area contributed by atoms with Gasteiger partial charge in [0.05, 0.1) is 11.4 Å². The Labute approximate surface area is 135 Å². The molecule has 5 heteroatoms. The molecule has 0 aromatic heterocycles. The summed E-state index contributed by atoms with van der Waals surface area (Å²) in [7, 11) is 0. The van der Waals surface area contributed by atoms with Crippen molar-refractivity contribution in [2.75, 3.05) is 21.7 Å². The van der Waals surface area contributed by atoms with Crippen LogP contribution in [-0.2, 0) is 4.79 Å². The van der Waals surface area contributed by atoms with Crippen LogP contribution in [0.3, 0.4) is 0 Å². The molecule has 2 aromatic rings. The average Bonchev–Trinajstić information content (AvgIpc) is 2.54. The lowest BCUT2D eigenvalue weighted by molar-refractivity contribution is -0.117. The molecular weight excluding hydrogens is 290 g/mol. The minimum absolute atomic E-state index is 0.0356. The molecule has 0 fully saturated rings. The van der Waals surface area contributed by atoms with Crippen molar-refractivity contribution in [3.63, 3.8) is 0 Å². The molecule has 1 heterocycles. The first-order valence-corrected chi connectivity index (χ1v) is 7.62. The lowest BCUT2D eigenvalue weighted by Crippen LogP contribution is -2.51. The number of carbonyl (C=O) groups excluding carboxylic acids is 2. The molecule has 2 aromatic carbocycles. The number of para-hydroxylation sites is 3. The molecule has 0 radical (unpaired) electrons. The molecule has 3 rings (SSSR count). The van der Waals surface area contributed by atoms with Crippen LogP contribution in [0.2, 0.25) is 0 Å². The Morgan fingerprint density at radius 3 is 2.26 bits per heavy atom. The van der Waals surface area contributed by atoms with Gasteiger partial charge in [-0.3, -0.25) is 9.69 Å². The highest BCUT2D eigenvalue weighted by Gasteiger charge is 2.33. The average molecular weight is 309 g/mol. The zero-order valence-electron chi connectivity index (χ0n) is 13.2. The summed E-state index contributed by atoms with van der Waals surface area (Å²) in [6, 6.07) is 16.4. The Balaban J connectivity index is 1.92. The Morgan fingerprint density at radius 1 is 1.00 bits per heavy atom. The number of fused-ring (bicyclic) bond motifs is 1. The number of rotatable bonds is 2. The van der Waals surface area contributed by atoms with Gasteiger partial charge in [0, 0.05) is 11.7 Å². The quantitative estimate of drug-likeness (QED) is 0.923. The van der Waals surface area contributed by atoms with Gasteiger partial charge in [0.25, 0.3) is 0 Å². The van der Waals surface area contributed by atoms with Crippen molar-refractivity contribution in [3.8, 4) is 0 Å². The zero-order valence-corrected chi connectivity index (χ0v) is 13.2. The Bertz CT molecular complexity index is 728. The van der Waals surface area contributed by atoms with E-state index in [1.54, 1.807) is 4.90 Å². The van der Waals surface area contributed by atoms with Crippen LogP contribution in [0.4, 0.5) is 21.9 Å². The lowest BCUT2D eigenvalue weighted by atomic mass is 10.1. The number of benzene rings is 2. The van der Waals surface area contributed by atoms with Gasteiger partial charge < -0.3 is 10.2 Å². The van der Waals surface area contributed by atoms with E-state index in [0.717, 1.165) is 11.4 Å². The van der Waals surface area contributed by atoms with Gasteiger partial charge in [0.1, 0.15) is 6.54 Å². The third-order valence-electron chi connectivity index (χ3n) is 3.78. The molecule has 0 spiro atoms. The fraction of sp³-hybridized carbons (Fsp3) is 0.222. The number of carbonyl (C=O) groups is 2. The molecule has 0 unspecified atom stereocenters. The fourth-order valence-corrected chi connectivity index (χ4v) is 2.79. The van der Waals surface area contributed by atoms with E-state index in [0.29, 0.717) is 5.69 Å². The van der Waals surface area contributed by atoms with Crippen LogP contribution in [0.5, 0.6) is 0 Å². The van der Waals surface area contributed by atoms with Crippen LogP contribution < -0.4 is 15.1 Å². The predicted octanol–water partition coefficient (Wildman–Crippen LogP) is 3.48. The highest BCUT2D eigenvalue weighted by atomic mass is 16.2. The van der Waals surface area contributed by atoms with Gasteiger partial charge in [-0.05, 0) is 38.1 Å². The molecule has 1 N–H and O–H groups in total. The molecule has 3 amide bonds. The van der Waals surface area contributed by atoms with Crippen LogP contribution in [-0.4, -0.2) is 24.5 Å². The van der Waals surface area contributed by atoms with E-state index in [2.05, 4.69) is 5.32 Å². The summed E-state index contributed by atoms with van der Waals surface area (Å²) in [5.41, 5.74) is 2.21. The van der Waals surface area contributed by atoms with Crippen LogP contribution >= 0.6 is 0 Å². The number of anilines is 3. The third kappa shape index (κ3) is 2.90. The first kappa shape index (κ1) is 15.1. The van der Waals surface area contributed by atoms with E-state index < -0.39 is 0 Å². The highest BCUT2D eigenvalue weighted by molar-refractivity contribution is 6.13. The Hall–Kier alpha value is -2.82. The fourth-order valence-electron chi connectivity index (χ4n) is 2.79. The maximum absolute atomic E-state index is 12.6. The molecule has 0 atom stereocenters. The molecule has 5 nitrogen and oxygen atoms in total. The molecule has 0 saturated carbocycles. The van der Waals surface area contributed by atoms with Gasteiger partial charge in [-0.2, -0.15) is 0 Å². The third-order valence-corrected chi connectivity index (χ3v) is 3.78. The topological polar surface area (TPSA) is 52.7 Å². The Morgan fingerprint density at radius 2 is 1.61 bits per heavy atom. The van der Waals surface area contributed by atoms with Crippen molar-refractivity contribution in [2.45, 2.75) is 19.9 Å². The summed E-state index contributed by atoms with van der Waals surface area (Å²) in [6.07, 6.45) is 0. The molecular formula is C18H19N3O2. The number of urea groups is 1. The maximum Gasteiger partial charge on any atom is 0.326 e. The van der Waals surface area contributed by atoms with Gasteiger partial charge in [-0.1, -0.05) is 30.3 Å². The molecule has 1 aliphatic rings. The largest absolute Gasteiger partial charge is 0.326 e. The standard InChI is InChI=1S/C18H19N3O2/c1-13(2)21-16-11-7-6-10-15(16)20(12-17(21)22)18(23)19-14-8-4-3-5-9-14/h3-11,13H,12H2,1-2H3,(H,19,23). The normalized spacial score (nSPS) is 14.0. The summed E-state index contributed by atoms with van der Waals surface area (Å²) < 4.78 is 0. The number of nitrogens with zero attached hydrogens (tertiary/aromatic N) is 2. The number of hydrogen-bond donors (Lipinski definition) is 1. The van der Waals surface area contributed by atoms with Crippen LogP contribution in [0, 0.1) is 0 Å². The van der Waals surface area contributed by atoms with Gasteiger partial charge in [0.15, 0.2) is 0 Å².